The van der Waals surface area contributed by atoms with Crippen molar-refractivity contribution in [1.82, 2.24) is 0 Å². The van der Waals surface area contributed by atoms with E-state index < -0.39 is 0 Å². The van der Waals surface area contributed by atoms with E-state index in [1.54, 1.807) is 0 Å². The van der Waals surface area contributed by atoms with Crippen molar-refractivity contribution in [2.24, 2.45) is 16.2 Å². The molecule has 4 rings (SSSR count). The minimum atomic E-state index is 0.248. The van der Waals surface area contributed by atoms with Gasteiger partial charge in [0.05, 0.1) is 0 Å². The molecule has 156 valence electrons. The maximum absolute atomic E-state index is 2.51. The quantitative estimate of drug-likeness (QED) is 0.549. The van der Waals surface area contributed by atoms with E-state index >= 15 is 0 Å². The van der Waals surface area contributed by atoms with Gasteiger partial charge in [0.2, 0.25) is 0 Å². The Kier molecular flexibility index (Phi) is 5.73. The van der Waals surface area contributed by atoms with E-state index in [1.807, 2.05) is 0 Å². The van der Waals surface area contributed by atoms with Gasteiger partial charge in [0.25, 0.3) is 0 Å². The molecular formula is C27H36N3+3. The zero-order valence-electron chi connectivity index (χ0n) is 18.7. The monoisotopic (exact) mass is 402 g/mol. The molecule has 0 unspecified atom stereocenters. The Balaban J connectivity index is 1.64. The molecule has 0 amide bonds. The summed E-state index contributed by atoms with van der Waals surface area (Å²) in [4.78, 5) is 0. The Morgan fingerprint density at radius 1 is 0.433 bits per heavy atom. The van der Waals surface area contributed by atoms with Gasteiger partial charge in [0, 0.05) is 52.6 Å². The van der Waals surface area contributed by atoms with E-state index in [2.05, 4.69) is 126 Å². The molecule has 0 saturated heterocycles. The predicted octanol–water partition coefficient (Wildman–Crippen LogP) is 4.15. The van der Waals surface area contributed by atoms with E-state index in [1.165, 1.54) is 19.3 Å². The molecule has 30 heavy (non-hydrogen) atoms. The first kappa shape index (κ1) is 20.7. The van der Waals surface area contributed by atoms with Crippen molar-refractivity contribution in [3.63, 3.8) is 0 Å². The van der Waals surface area contributed by atoms with Gasteiger partial charge in [0.1, 0.15) is 0 Å². The Morgan fingerprint density at radius 3 is 0.900 bits per heavy atom. The molecule has 0 bridgehead atoms. The molecule has 0 atom stereocenters. The highest BCUT2D eigenvalue weighted by atomic mass is 15.0. The molecule has 0 aromatic carbocycles. The van der Waals surface area contributed by atoms with Crippen LogP contribution in [-0.4, -0.2) is 0 Å². The predicted molar refractivity (Wildman–Crippen MR) is 118 cm³/mol. The van der Waals surface area contributed by atoms with Crippen LogP contribution in [0.3, 0.4) is 0 Å². The third kappa shape index (κ3) is 5.13. The summed E-state index contributed by atoms with van der Waals surface area (Å²) < 4.78 is 7.12. The highest BCUT2D eigenvalue weighted by Crippen LogP contribution is 2.55. The van der Waals surface area contributed by atoms with E-state index in [-0.39, 0.29) is 16.2 Å². The highest BCUT2D eigenvalue weighted by Gasteiger charge is 2.53. The molecule has 0 N–H and O–H groups in total. The second kappa shape index (κ2) is 8.29. The molecule has 3 heteroatoms. The molecule has 3 nitrogen and oxygen atoms in total. The van der Waals surface area contributed by atoms with Crippen molar-refractivity contribution in [1.29, 1.82) is 0 Å². The third-order valence-electron chi connectivity index (χ3n) is 6.59. The van der Waals surface area contributed by atoms with Crippen LogP contribution in [0.5, 0.6) is 0 Å². The van der Waals surface area contributed by atoms with Crippen LogP contribution in [0.15, 0.2) is 91.8 Å². The Labute approximate surface area is 181 Å². The van der Waals surface area contributed by atoms with Crippen LogP contribution < -0.4 is 13.7 Å². The summed E-state index contributed by atoms with van der Waals surface area (Å²) in [5, 5.41) is 0. The molecule has 0 spiro atoms. The Bertz CT molecular complexity index is 804. The zero-order chi connectivity index (χ0) is 21.1. The normalized spacial score (nSPS) is 28.9. The van der Waals surface area contributed by atoms with Gasteiger partial charge in [-0.25, -0.2) is 13.7 Å². The largest absolute Gasteiger partial charge is 0.205 e. The van der Waals surface area contributed by atoms with Crippen molar-refractivity contribution in [2.75, 3.05) is 0 Å². The number of pyridine rings is 3. The van der Waals surface area contributed by atoms with E-state index in [0.717, 1.165) is 19.6 Å². The van der Waals surface area contributed by atoms with Crippen molar-refractivity contribution in [3.05, 3.63) is 91.8 Å². The molecule has 3 aromatic rings. The average Bonchev–Trinajstić information content (AvgIpc) is 2.68. The van der Waals surface area contributed by atoms with Crippen LogP contribution >= 0.6 is 0 Å². The Morgan fingerprint density at radius 2 is 0.667 bits per heavy atom. The lowest BCUT2D eigenvalue weighted by Gasteiger charge is -2.49. The van der Waals surface area contributed by atoms with Crippen molar-refractivity contribution in [2.45, 2.75) is 59.7 Å². The van der Waals surface area contributed by atoms with Gasteiger partial charge in [-0.05, 0) is 19.3 Å². The summed E-state index contributed by atoms with van der Waals surface area (Å²) in [5.74, 6) is 0. The van der Waals surface area contributed by atoms with E-state index in [4.69, 9.17) is 0 Å². The maximum atomic E-state index is 2.51. The van der Waals surface area contributed by atoms with Crippen LogP contribution in [0.25, 0.3) is 0 Å². The lowest BCUT2D eigenvalue weighted by atomic mass is 9.54. The van der Waals surface area contributed by atoms with Crippen molar-refractivity contribution >= 4 is 0 Å². The van der Waals surface area contributed by atoms with Crippen LogP contribution in [0.1, 0.15) is 40.0 Å². The second-order valence-electron chi connectivity index (χ2n) is 10.6. The number of nitrogens with zero attached hydrogens (tertiary/aromatic N) is 3. The third-order valence-corrected chi connectivity index (χ3v) is 6.59. The van der Waals surface area contributed by atoms with Crippen molar-refractivity contribution in [3.8, 4) is 0 Å². The molecule has 1 fully saturated rings. The molecule has 0 aliphatic heterocycles. The fraction of sp³-hybridized carbons (Fsp3) is 0.444. The summed E-state index contributed by atoms with van der Waals surface area (Å²) in [6, 6.07) is 19.2. The fourth-order valence-corrected chi connectivity index (χ4v) is 6.56. The molecule has 3 aromatic heterocycles. The molecule has 1 aliphatic rings. The van der Waals surface area contributed by atoms with Gasteiger partial charge in [-0.1, -0.05) is 39.0 Å². The van der Waals surface area contributed by atoms with Gasteiger partial charge in [-0.3, -0.25) is 0 Å². The van der Waals surface area contributed by atoms with Gasteiger partial charge in [-0.2, -0.15) is 0 Å². The lowest BCUT2D eigenvalue weighted by Crippen LogP contribution is -2.56. The van der Waals surface area contributed by atoms with Gasteiger partial charge < -0.3 is 0 Å². The number of rotatable bonds is 6. The first-order chi connectivity index (χ1) is 14.4. The standard InChI is InChI=1S/C27H36N3/c1-25(22-28-13-7-4-8-14-28)19-26(2,23-29-15-9-5-10-16-29)21-27(3,20-25)24-30-17-11-6-12-18-30/h4-18H,19-24H2,1-3H3/q+3. The van der Waals surface area contributed by atoms with E-state index in [9.17, 15) is 0 Å². The number of aromatic nitrogens is 3. The summed E-state index contributed by atoms with van der Waals surface area (Å²) in [6.45, 7) is 10.7. The highest BCUT2D eigenvalue weighted by molar-refractivity contribution is 4.96. The summed E-state index contributed by atoms with van der Waals surface area (Å²) >= 11 is 0. The van der Waals surface area contributed by atoms with Crippen LogP contribution in [0.4, 0.5) is 0 Å². The molecule has 1 aliphatic carbocycles. The van der Waals surface area contributed by atoms with Gasteiger partial charge in [-0.15, -0.1) is 0 Å². The van der Waals surface area contributed by atoms with Gasteiger partial charge in [0.15, 0.2) is 56.8 Å². The average molecular weight is 403 g/mol. The van der Waals surface area contributed by atoms with E-state index in [0.29, 0.717) is 0 Å². The molecule has 1 saturated carbocycles. The summed E-state index contributed by atoms with van der Waals surface area (Å²) in [6.07, 6.45) is 17.0. The smallest absolute Gasteiger partial charge is 0.168 e. The Hall–Kier alpha value is -2.55. The first-order valence-electron chi connectivity index (χ1n) is 11.2. The molecule has 3 heterocycles. The second-order valence-corrected chi connectivity index (χ2v) is 10.6. The zero-order valence-corrected chi connectivity index (χ0v) is 18.7. The number of hydrogen-bond donors (Lipinski definition) is 0. The minimum absolute atomic E-state index is 0.248. The van der Waals surface area contributed by atoms with Crippen LogP contribution in [0.2, 0.25) is 0 Å². The maximum Gasteiger partial charge on any atom is 0.168 e. The summed E-state index contributed by atoms with van der Waals surface area (Å²) in [5.41, 5.74) is 0.745. The SMILES string of the molecule is CC1(C[n+]2ccccc2)CC(C)(C[n+]2ccccc2)CC(C)(C[n+]2ccccc2)C1. The first-order valence-corrected chi connectivity index (χ1v) is 11.2. The molecular weight excluding hydrogens is 366 g/mol. The molecule has 0 radical (unpaired) electrons. The lowest BCUT2D eigenvalue weighted by molar-refractivity contribution is -0.727. The van der Waals surface area contributed by atoms with Crippen molar-refractivity contribution < 1.29 is 13.7 Å². The summed E-state index contributed by atoms with van der Waals surface area (Å²) in [7, 11) is 0. The number of hydrogen-bond acceptors (Lipinski definition) is 0. The van der Waals surface area contributed by atoms with Crippen LogP contribution in [0, 0.1) is 16.2 Å². The van der Waals surface area contributed by atoms with Crippen LogP contribution in [-0.2, 0) is 19.6 Å². The fourth-order valence-electron chi connectivity index (χ4n) is 6.56. The topological polar surface area (TPSA) is 11.6 Å². The van der Waals surface area contributed by atoms with Gasteiger partial charge >= 0.3 is 0 Å². The minimum Gasteiger partial charge on any atom is -0.205 e.